The quantitative estimate of drug-likeness (QED) is 0.374. The van der Waals surface area contributed by atoms with Crippen LogP contribution in [0.5, 0.6) is 0 Å². The first kappa shape index (κ1) is 22.3. The van der Waals surface area contributed by atoms with E-state index in [1.807, 2.05) is 55.5 Å². The van der Waals surface area contributed by atoms with Gasteiger partial charge in [-0.15, -0.1) is 11.8 Å². The minimum Gasteiger partial charge on any atom is -0.465 e. The van der Waals surface area contributed by atoms with Gasteiger partial charge >= 0.3 is 11.8 Å². The lowest BCUT2D eigenvalue weighted by Gasteiger charge is -2.29. The van der Waals surface area contributed by atoms with E-state index < -0.39 is 23.7 Å². The molecule has 174 valence electrons. The van der Waals surface area contributed by atoms with Gasteiger partial charge in [0.15, 0.2) is 5.58 Å². The highest BCUT2D eigenvalue weighted by atomic mass is 32.2. The summed E-state index contributed by atoms with van der Waals surface area (Å²) in [5, 5.41) is 9.45. The lowest BCUT2D eigenvalue weighted by atomic mass is 9.91. The molecule has 0 saturated heterocycles. The number of hydrogen-bond donors (Lipinski definition) is 1. The van der Waals surface area contributed by atoms with Gasteiger partial charge in [0.2, 0.25) is 0 Å². The average molecular weight is 479 g/mol. The van der Waals surface area contributed by atoms with Crippen LogP contribution in [-0.2, 0) is 18.7 Å². The number of aromatic nitrogens is 1. The number of amides is 1. The van der Waals surface area contributed by atoms with Crippen LogP contribution in [-0.4, -0.2) is 27.2 Å². The Morgan fingerprint density at radius 3 is 2.74 bits per heavy atom. The highest BCUT2D eigenvalue weighted by Crippen LogP contribution is 2.33. The SMILES string of the molecule is CC(c1cccc2c1CN(C(=O)O)CC2)n1c(=O)oc2cc(SCc3ccccc3)c(F)cc21. The molecule has 1 atom stereocenters. The van der Waals surface area contributed by atoms with E-state index in [9.17, 15) is 14.7 Å². The highest BCUT2D eigenvalue weighted by molar-refractivity contribution is 7.98. The predicted octanol–water partition coefficient (Wildman–Crippen LogP) is 5.67. The van der Waals surface area contributed by atoms with Crippen LogP contribution in [0.4, 0.5) is 9.18 Å². The second kappa shape index (κ2) is 9.02. The Kier molecular flexibility index (Phi) is 5.91. The standard InChI is InChI=1S/C26H23FN2O4S/c1-16(19-9-5-8-18-10-11-28(25(30)31)14-20(18)19)29-22-12-21(27)24(13-23(22)33-26(29)32)34-15-17-6-3-2-4-7-17/h2-9,12-13,16H,10-11,14-15H2,1H3,(H,30,31). The van der Waals surface area contributed by atoms with Crippen molar-refractivity contribution in [1.82, 2.24) is 9.47 Å². The first-order valence-electron chi connectivity index (χ1n) is 11.0. The van der Waals surface area contributed by atoms with E-state index in [0.717, 1.165) is 22.3 Å². The van der Waals surface area contributed by atoms with Gasteiger partial charge in [-0.1, -0.05) is 48.5 Å². The Bertz CT molecular complexity index is 1430. The summed E-state index contributed by atoms with van der Waals surface area (Å²) in [5.41, 5.74) is 4.56. The normalized spacial score (nSPS) is 14.2. The zero-order chi connectivity index (χ0) is 23.8. The van der Waals surface area contributed by atoms with Crippen molar-refractivity contribution in [3.63, 3.8) is 0 Å². The highest BCUT2D eigenvalue weighted by Gasteiger charge is 2.26. The Labute approximate surface area is 199 Å². The fourth-order valence-electron chi connectivity index (χ4n) is 4.55. The van der Waals surface area contributed by atoms with Crippen molar-refractivity contribution in [2.75, 3.05) is 6.54 Å². The summed E-state index contributed by atoms with van der Waals surface area (Å²) in [6, 6.07) is 18.0. The number of carbonyl (C=O) groups is 1. The topological polar surface area (TPSA) is 75.7 Å². The second-order valence-corrected chi connectivity index (χ2v) is 9.39. The minimum absolute atomic E-state index is 0.254. The molecule has 2 heterocycles. The molecule has 34 heavy (non-hydrogen) atoms. The molecule has 1 aromatic heterocycles. The maximum atomic E-state index is 15.0. The number of carboxylic acid groups (broad SMARTS) is 1. The van der Waals surface area contributed by atoms with Crippen LogP contribution < -0.4 is 5.76 Å². The van der Waals surface area contributed by atoms with Crippen molar-refractivity contribution < 1.29 is 18.7 Å². The van der Waals surface area contributed by atoms with Gasteiger partial charge in [-0.25, -0.2) is 14.0 Å². The number of thioether (sulfide) groups is 1. The number of nitrogens with zero attached hydrogens (tertiary/aromatic N) is 2. The summed E-state index contributed by atoms with van der Waals surface area (Å²) in [6.07, 6.45) is -0.360. The molecule has 4 aromatic rings. The molecule has 3 aromatic carbocycles. The van der Waals surface area contributed by atoms with Crippen LogP contribution in [0.15, 0.2) is 74.8 Å². The molecule has 0 fully saturated rings. The van der Waals surface area contributed by atoms with Gasteiger partial charge < -0.3 is 14.4 Å². The number of halogens is 1. The zero-order valence-electron chi connectivity index (χ0n) is 18.5. The van der Waals surface area contributed by atoms with E-state index >= 15 is 4.39 Å². The second-order valence-electron chi connectivity index (χ2n) is 8.38. The first-order valence-corrected chi connectivity index (χ1v) is 12.0. The molecule has 0 saturated carbocycles. The Morgan fingerprint density at radius 1 is 1.18 bits per heavy atom. The molecule has 0 spiro atoms. The van der Waals surface area contributed by atoms with E-state index in [0.29, 0.717) is 34.7 Å². The van der Waals surface area contributed by atoms with Crippen LogP contribution in [0.2, 0.25) is 0 Å². The Hall–Kier alpha value is -3.52. The lowest BCUT2D eigenvalue weighted by Crippen LogP contribution is -2.35. The van der Waals surface area contributed by atoms with Crippen LogP contribution in [0.25, 0.3) is 11.1 Å². The Balaban J connectivity index is 1.50. The zero-order valence-corrected chi connectivity index (χ0v) is 19.3. The summed E-state index contributed by atoms with van der Waals surface area (Å²) in [5.74, 6) is -0.390. The molecule has 0 radical (unpaired) electrons. The molecule has 6 nitrogen and oxygen atoms in total. The third-order valence-electron chi connectivity index (χ3n) is 6.32. The number of hydrogen-bond acceptors (Lipinski definition) is 4. The van der Waals surface area contributed by atoms with Crippen LogP contribution in [0, 0.1) is 5.82 Å². The van der Waals surface area contributed by atoms with E-state index in [4.69, 9.17) is 4.42 Å². The van der Waals surface area contributed by atoms with Crippen LogP contribution >= 0.6 is 11.8 Å². The summed E-state index contributed by atoms with van der Waals surface area (Å²) in [4.78, 5) is 26.2. The summed E-state index contributed by atoms with van der Waals surface area (Å²) in [7, 11) is 0. The van der Waals surface area contributed by atoms with Crippen molar-refractivity contribution in [3.05, 3.63) is 99.3 Å². The van der Waals surface area contributed by atoms with E-state index in [1.54, 1.807) is 6.07 Å². The van der Waals surface area contributed by atoms with Crippen molar-refractivity contribution in [1.29, 1.82) is 0 Å². The number of oxazole rings is 1. The summed E-state index contributed by atoms with van der Waals surface area (Å²) in [6.45, 7) is 2.54. The van der Waals surface area contributed by atoms with Crippen molar-refractivity contribution >= 4 is 29.0 Å². The molecule has 1 unspecified atom stereocenters. The average Bonchev–Trinajstić information content (AvgIpc) is 3.16. The molecule has 1 N–H and O–H groups in total. The molecule has 0 aliphatic carbocycles. The minimum atomic E-state index is -0.971. The van der Waals surface area contributed by atoms with E-state index in [-0.39, 0.29) is 6.54 Å². The molecule has 5 rings (SSSR count). The van der Waals surface area contributed by atoms with Gasteiger partial charge in [-0.3, -0.25) is 4.57 Å². The lowest BCUT2D eigenvalue weighted by molar-refractivity contribution is 0.139. The number of fused-ring (bicyclic) bond motifs is 2. The molecular weight excluding hydrogens is 455 g/mol. The monoisotopic (exact) mass is 478 g/mol. The number of benzene rings is 3. The molecule has 1 aliphatic heterocycles. The van der Waals surface area contributed by atoms with Crippen molar-refractivity contribution in [3.8, 4) is 0 Å². The largest absolute Gasteiger partial charge is 0.465 e. The van der Waals surface area contributed by atoms with Gasteiger partial charge in [-0.2, -0.15) is 0 Å². The van der Waals surface area contributed by atoms with Crippen molar-refractivity contribution in [2.45, 2.75) is 36.6 Å². The summed E-state index contributed by atoms with van der Waals surface area (Å²) >= 11 is 1.35. The fraction of sp³-hybridized carbons (Fsp3) is 0.231. The smallest absolute Gasteiger partial charge is 0.420 e. The van der Waals surface area contributed by atoms with Gasteiger partial charge in [-0.05, 0) is 41.7 Å². The molecular formula is C26H23FN2O4S. The van der Waals surface area contributed by atoms with Gasteiger partial charge in [0.25, 0.3) is 0 Å². The third kappa shape index (κ3) is 4.09. The maximum Gasteiger partial charge on any atom is 0.420 e. The Morgan fingerprint density at radius 2 is 1.97 bits per heavy atom. The number of rotatable bonds is 5. The van der Waals surface area contributed by atoms with Gasteiger partial charge in [0.05, 0.1) is 11.6 Å². The van der Waals surface area contributed by atoms with E-state index in [1.165, 1.54) is 27.3 Å². The first-order chi connectivity index (χ1) is 16.4. The summed E-state index contributed by atoms with van der Waals surface area (Å²) < 4.78 is 22.0. The van der Waals surface area contributed by atoms with Gasteiger partial charge in [0, 0.05) is 29.8 Å². The van der Waals surface area contributed by atoms with Gasteiger partial charge in [0.1, 0.15) is 5.82 Å². The predicted molar refractivity (Wildman–Crippen MR) is 129 cm³/mol. The molecule has 8 heteroatoms. The fourth-order valence-corrected chi connectivity index (χ4v) is 5.45. The molecule has 1 aliphatic rings. The third-order valence-corrected chi connectivity index (χ3v) is 7.42. The van der Waals surface area contributed by atoms with E-state index in [2.05, 4.69) is 0 Å². The van der Waals surface area contributed by atoms with Crippen molar-refractivity contribution in [2.24, 2.45) is 0 Å². The molecule has 0 bridgehead atoms. The molecule has 1 amide bonds. The van der Waals surface area contributed by atoms with Crippen LogP contribution in [0.3, 0.4) is 0 Å². The maximum absolute atomic E-state index is 15.0. The van der Waals surface area contributed by atoms with Crippen LogP contribution in [0.1, 0.15) is 35.2 Å².